The molecule has 1 aliphatic rings. The lowest BCUT2D eigenvalue weighted by Gasteiger charge is -2.45. The van der Waals surface area contributed by atoms with E-state index in [9.17, 15) is 24.8 Å². The van der Waals surface area contributed by atoms with Crippen LogP contribution in [0, 0.1) is 12.7 Å². The summed E-state index contributed by atoms with van der Waals surface area (Å²) in [6.45, 7) is 2.56. The number of halogens is 1. The van der Waals surface area contributed by atoms with Crippen LogP contribution in [0.4, 0.5) is 4.39 Å². The van der Waals surface area contributed by atoms with Crippen molar-refractivity contribution < 1.29 is 34.3 Å². The van der Waals surface area contributed by atoms with E-state index in [2.05, 4.69) is 0 Å². The summed E-state index contributed by atoms with van der Waals surface area (Å²) in [6, 6.07) is 11.4. The van der Waals surface area contributed by atoms with Crippen LogP contribution < -0.4 is 4.74 Å². The summed E-state index contributed by atoms with van der Waals surface area (Å²) in [6.07, 6.45) is -5.36. The van der Waals surface area contributed by atoms with Crippen LogP contribution in [0.5, 0.6) is 5.75 Å². The number of aliphatic hydroxyl groups excluding tert-OH is 3. The Morgan fingerprint density at radius 1 is 1.11 bits per heavy atom. The fourth-order valence-corrected chi connectivity index (χ4v) is 3.08. The largest absolute Gasteiger partial charge is 0.461 e. The second kappa shape index (κ2) is 7.53. The number of aliphatic hydroxyl groups is 4. The highest BCUT2D eigenvalue weighted by Gasteiger charge is 2.53. The molecule has 6 nitrogen and oxygen atoms in total. The molecule has 7 heteroatoms. The standard InChI is InChI=1S/C20H23FO6/c1-11-9-13(12-3-6-14(21)7-4-12)5-8-15(11)26-19-20(2,25)18(24)17(23)16(10-22)27-19/h3-9,16-19,22-25H,10H2,1-2H3/t16-,17-,18+,19+,20+/m1/s1. The van der Waals surface area contributed by atoms with Gasteiger partial charge in [-0.15, -0.1) is 0 Å². The van der Waals surface area contributed by atoms with Crippen molar-refractivity contribution >= 4 is 0 Å². The fraction of sp³-hybridized carbons (Fsp3) is 0.400. The van der Waals surface area contributed by atoms with Gasteiger partial charge in [-0.25, -0.2) is 4.39 Å². The van der Waals surface area contributed by atoms with Gasteiger partial charge in [-0.05, 0) is 54.8 Å². The molecule has 0 amide bonds. The van der Waals surface area contributed by atoms with Crippen LogP contribution >= 0.6 is 0 Å². The van der Waals surface area contributed by atoms with E-state index in [1.54, 1.807) is 31.2 Å². The molecule has 27 heavy (non-hydrogen) atoms. The van der Waals surface area contributed by atoms with Gasteiger partial charge in [0.05, 0.1) is 6.61 Å². The Kier molecular flexibility index (Phi) is 5.50. The van der Waals surface area contributed by atoms with Crippen LogP contribution in [0.3, 0.4) is 0 Å². The second-order valence-electron chi connectivity index (χ2n) is 6.96. The lowest BCUT2D eigenvalue weighted by Crippen LogP contribution is -2.66. The van der Waals surface area contributed by atoms with Crippen LogP contribution in [0.15, 0.2) is 42.5 Å². The van der Waals surface area contributed by atoms with Gasteiger partial charge in [0.2, 0.25) is 6.29 Å². The molecule has 2 aromatic carbocycles. The Morgan fingerprint density at radius 3 is 2.33 bits per heavy atom. The number of aryl methyl sites for hydroxylation is 1. The summed E-state index contributed by atoms with van der Waals surface area (Å²) < 4.78 is 24.3. The third-order valence-corrected chi connectivity index (χ3v) is 4.85. The van der Waals surface area contributed by atoms with E-state index in [1.165, 1.54) is 19.1 Å². The van der Waals surface area contributed by atoms with E-state index >= 15 is 0 Å². The van der Waals surface area contributed by atoms with Crippen molar-refractivity contribution in [2.24, 2.45) is 0 Å². The molecule has 0 radical (unpaired) electrons. The topological polar surface area (TPSA) is 99.4 Å². The Morgan fingerprint density at radius 2 is 1.74 bits per heavy atom. The van der Waals surface area contributed by atoms with E-state index in [1.807, 2.05) is 6.07 Å². The molecular formula is C20H23FO6. The molecule has 0 bridgehead atoms. The minimum Gasteiger partial charge on any atom is -0.461 e. The van der Waals surface area contributed by atoms with Crippen LogP contribution in [-0.2, 0) is 4.74 Å². The molecule has 2 aromatic rings. The van der Waals surface area contributed by atoms with Crippen LogP contribution in [0.25, 0.3) is 11.1 Å². The lowest BCUT2D eigenvalue weighted by molar-refractivity contribution is -0.314. The third kappa shape index (κ3) is 3.83. The zero-order valence-corrected chi connectivity index (χ0v) is 15.0. The van der Waals surface area contributed by atoms with Crippen LogP contribution in [0.1, 0.15) is 12.5 Å². The second-order valence-corrected chi connectivity index (χ2v) is 6.96. The van der Waals surface area contributed by atoms with Crippen LogP contribution in [0.2, 0.25) is 0 Å². The van der Waals surface area contributed by atoms with E-state index in [4.69, 9.17) is 9.47 Å². The van der Waals surface area contributed by atoms with Crippen molar-refractivity contribution in [1.82, 2.24) is 0 Å². The van der Waals surface area contributed by atoms with Gasteiger partial charge < -0.3 is 29.9 Å². The summed E-state index contributed by atoms with van der Waals surface area (Å²) in [5.41, 5.74) is 0.552. The lowest BCUT2D eigenvalue weighted by atomic mass is 9.88. The number of hydrogen-bond acceptors (Lipinski definition) is 6. The molecular weight excluding hydrogens is 355 g/mol. The molecule has 0 aliphatic carbocycles. The monoisotopic (exact) mass is 378 g/mol. The average Bonchev–Trinajstić information content (AvgIpc) is 2.64. The number of ether oxygens (including phenoxy) is 2. The van der Waals surface area contributed by atoms with Gasteiger partial charge in [-0.2, -0.15) is 0 Å². The molecule has 1 heterocycles. The molecule has 1 fully saturated rings. The predicted molar refractivity (Wildman–Crippen MR) is 95.6 cm³/mol. The molecule has 0 unspecified atom stereocenters. The molecule has 1 saturated heterocycles. The Bertz CT molecular complexity index is 792. The molecule has 4 N–H and O–H groups in total. The Balaban J connectivity index is 1.83. The van der Waals surface area contributed by atoms with Crippen molar-refractivity contribution in [2.45, 2.75) is 44.1 Å². The number of benzene rings is 2. The summed E-state index contributed by atoms with van der Waals surface area (Å²) in [7, 11) is 0. The molecule has 0 spiro atoms. The Hall–Kier alpha value is -2.03. The minimum absolute atomic E-state index is 0.314. The quantitative estimate of drug-likeness (QED) is 0.641. The maximum absolute atomic E-state index is 13.1. The highest BCUT2D eigenvalue weighted by molar-refractivity contribution is 5.65. The number of rotatable bonds is 4. The number of hydrogen-bond donors (Lipinski definition) is 4. The highest BCUT2D eigenvalue weighted by atomic mass is 19.1. The van der Waals surface area contributed by atoms with Gasteiger partial charge in [0, 0.05) is 0 Å². The van der Waals surface area contributed by atoms with E-state index in [0.717, 1.165) is 16.7 Å². The maximum atomic E-state index is 13.1. The summed E-state index contributed by atoms with van der Waals surface area (Å²) in [5.74, 6) is 0.0951. The Labute approximate surface area is 156 Å². The third-order valence-electron chi connectivity index (χ3n) is 4.85. The van der Waals surface area contributed by atoms with Crippen molar-refractivity contribution in [3.8, 4) is 16.9 Å². The highest BCUT2D eigenvalue weighted by Crippen LogP contribution is 2.34. The van der Waals surface area contributed by atoms with E-state index in [0.29, 0.717) is 5.75 Å². The minimum atomic E-state index is -1.88. The zero-order valence-electron chi connectivity index (χ0n) is 15.0. The molecule has 0 aromatic heterocycles. The first-order valence-electron chi connectivity index (χ1n) is 8.62. The van der Waals surface area contributed by atoms with Gasteiger partial charge in [0.15, 0.2) is 5.60 Å². The first kappa shape index (κ1) is 19.7. The van der Waals surface area contributed by atoms with Gasteiger partial charge in [-0.3, -0.25) is 0 Å². The predicted octanol–water partition coefficient (Wildman–Crippen LogP) is 1.37. The first-order chi connectivity index (χ1) is 12.7. The van der Waals surface area contributed by atoms with E-state index < -0.39 is 36.8 Å². The molecule has 3 rings (SSSR count). The summed E-state index contributed by atoms with van der Waals surface area (Å²) in [5, 5.41) is 39.9. The first-order valence-corrected chi connectivity index (χ1v) is 8.62. The van der Waals surface area contributed by atoms with Crippen molar-refractivity contribution in [2.75, 3.05) is 6.61 Å². The average molecular weight is 378 g/mol. The van der Waals surface area contributed by atoms with Gasteiger partial charge >= 0.3 is 0 Å². The van der Waals surface area contributed by atoms with Gasteiger partial charge in [0.1, 0.15) is 29.9 Å². The van der Waals surface area contributed by atoms with Crippen molar-refractivity contribution in [3.63, 3.8) is 0 Å². The van der Waals surface area contributed by atoms with Crippen molar-refractivity contribution in [1.29, 1.82) is 0 Å². The SMILES string of the molecule is Cc1cc(-c2ccc(F)cc2)ccc1O[C@H]1O[C@H](CO)[C@@H](O)[C@H](O)[C@]1(C)O. The van der Waals surface area contributed by atoms with E-state index in [-0.39, 0.29) is 5.82 Å². The normalized spacial score (nSPS) is 30.9. The smallest absolute Gasteiger partial charge is 0.231 e. The fourth-order valence-electron chi connectivity index (χ4n) is 3.08. The molecule has 5 atom stereocenters. The zero-order chi connectivity index (χ0) is 19.8. The van der Waals surface area contributed by atoms with Crippen molar-refractivity contribution in [3.05, 3.63) is 53.8 Å². The molecule has 1 aliphatic heterocycles. The maximum Gasteiger partial charge on any atom is 0.231 e. The summed E-state index contributed by atoms with van der Waals surface area (Å²) in [4.78, 5) is 0. The molecule has 0 saturated carbocycles. The van der Waals surface area contributed by atoms with Gasteiger partial charge in [-0.1, -0.05) is 18.2 Å². The summed E-state index contributed by atoms with van der Waals surface area (Å²) >= 11 is 0. The molecule has 146 valence electrons. The van der Waals surface area contributed by atoms with Crippen LogP contribution in [-0.4, -0.2) is 57.2 Å². The van der Waals surface area contributed by atoms with Gasteiger partial charge in [0.25, 0.3) is 0 Å².